The Labute approximate surface area is 131 Å². The Morgan fingerprint density at radius 2 is 2.23 bits per heavy atom. The van der Waals surface area contributed by atoms with Crippen LogP contribution in [0.3, 0.4) is 0 Å². The molecule has 5 heteroatoms. The van der Waals surface area contributed by atoms with E-state index in [-0.39, 0.29) is 11.3 Å². The van der Waals surface area contributed by atoms with Crippen LogP contribution in [-0.2, 0) is 11.8 Å². The summed E-state index contributed by atoms with van der Waals surface area (Å²) in [6, 6.07) is 5.98. The summed E-state index contributed by atoms with van der Waals surface area (Å²) in [6.45, 7) is 7.98. The van der Waals surface area contributed by atoms with E-state index in [4.69, 9.17) is 0 Å². The van der Waals surface area contributed by atoms with Gasteiger partial charge in [-0.05, 0) is 50.6 Å². The summed E-state index contributed by atoms with van der Waals surface area (Å²) in [6.07, 6.45) is 1.06. The van der Waals surface area contributed by atoms with Crippen LogP contribution >= 0.6 is 0 Å². The highest BCUT2D eigenvalue weighted by Crippen LogP contribution is 2.33. The molecule has 0 bridgehead atoms. The zero-order valence-corrected chi connectivity index (χ0v) is 13.7. The minimum Gasteiger partial charge on any atom is -0.326 e. The van der Waals surface area contributed by atoms with Gasteiger partial charge in [0.1, 0.15) is 0 Å². The molecule has 0 radical (unpaired) electrons. The van der Waals surface area contributed by atoms with Crippen LogP contribution in [0.2, 0.25) is 0 Å². The van der Waals surface area contributed by atoms with Gasteiger partial charge in [0, 0.05) is 23.5 Å². The van der Waals surface area contributed by atoms with Gasteiger partial charge in [-0.15, -0.1) is 0 Å². The van der Waals surface area contributed by atoms with E-state index in [9.17, 15) is 4.79 Å². The molecule has 3 rings (SSSR count). The molecule has 1 aromatic heterocycles. The third kappa shape index (κ3) is 2.50. The molecule has 2 aromatic rings. The number of nitrogens with zero attached hydrogens (tertiary/aromatic N) is 2. The van der Waals surface area contributed by atoms with Gasteiger partial charge in [0.05, 0.1) is 11.2 Å². The molecule has 5 nitrogen and oxygen atoms in total. The van der Waals surface area contributed by atoms with Crippen molar-refractivity contribution in [3.8, 4) is 0 Å². The van der Waals surface area contributed by atoms with E-state index in [1.165, 1.54) is 0 Å². The summed E-state index contributed by atoms with van der Waals surface area (Å²) in [5.41, 5.74) is 2.50. The van der Waals surface area contributed by atoms with Gasteiger partial charge in [-0.1, -0.05) is 13.8 Å². The molecule has 1 aliphatic rings. The molecule has 1 fully saturated rings. The second-order valence-corrected chi connectivity index (χ2v) is 6.81. The van der Waals surface area contributed by atoms with Crippen molar-refractivity contribution < 1.29 is 4.79 Å². The van der Waals surface area contributed by atoms with Crippen molar-refractivity contribution in [1.29, 1.82) is 0 Å². The summed E-state index contributed by atoms with van der Waals surface area (Å²) < 4.78 is 1.85. The van der Waals surface area contributed by atoms with Crippen LogP contribution in [-0.4, -0.2) is 28.8 Å². The molecule has 1 aliphatic heterocycles. The number of hydrogen-bond acceptors (Lipinski definition) is 3. The van der Waals surface area contributed by atoms with Gasteiger partial charge < -0.3 is 10.6 Å². The summed E-state index contributed by atoms with van der Waals surface area (Å²) in [7, 11) is 1.93. The number of carbonyl (C=O) groups excluding carboxylic acids is 1. The Kier molecular flexibility index (Phi) is 3.68. The van der Waals surface area contributed by atoms with Crippen molar-refractivity contribution in [3.63, 3.8) is 0 Å². The Morgan fingerprint density at radius 3 is 2.91 bits per heavy atom. The van der Waals surface area contributed by atoms with Crippen LogP contribution in [0, 0.1) is 18.3 Å². The van der Waals surface area contributed by atoms with E-state index in [0.29, 0.717) is 5.92 Å². The van der Waals surface area contributed by atoms with Crippen LogP contribution in [0.4, 0.5) is 5.69 Å². The van der Waals surface area contributed by atoms with E-state index in [1.807, 2.05) is 50.7 Å². The average molecular weight is 300 g/mol. The van der Waals surface area contributed by atoms with E-state index in [1.54, 1.807) is 0 Å². The van der Waals surface area contributed by atoms with Crippen LogP contribution in [0.15, 0.2) is 18.2 Å². The lowest BCUT2D eigenvalue weighted by Gasteiger charge is -2.29. The lowest BCUT2D eigenvalue weighted by atomic mass is 9.77. The Hall–Kier alpha value is -1.88. The van der Waals surface area contributed by atoms with Crippen molar-refractivity contribution in [2.24, 2.45) is 18.4 Å². The monoisotopic (exact) mass is 300 g/mol. The Bertz CT molecular complexity index is 711. The molecular weight excluding hydrogens is 276 g/mol. The fourth-order valence-corrected chi connectivity index (χ4v) is 3.26. The first-order chi connectivity index (χ1) is 10.4. The second-order valence-electron chi connectivity index (χ2n) is 6.81. The normalized spacial score (nSPS) is 18.8. The SMILES string of the molecule is Cc1nn(C)c2cc(NC(=O)C(C)(C)C3CCNC3)ccc12. The molecule has 118 valence electrons. The molecule has 1 amide bonds. The third-order valence-corrected chi connectivity index (χ3v) is 4.96. The first-order valence-corrected chi connectivity index (χ1v) is 7.85. The fraction of sp³-hybridized carbons (Fsp3) is 0.529. The van der Waals surface area contributed by atoms with Crippen LogP contribution in [0.25, 0.3) is 10.9 Å². The Balaban J connectivity index is 1.83. The van der Waals surface area contributed by atoms with Crippen molar-refractivity contribution in [2.75, 3.05) is 18.4 Å². The molecule has 1 atom stereocenters. The molecule has 0 spiro atoms. The molecule has 1 aromatic carbocycles. The molecule has 0 aliphatic carbocycles. The molecular formula is C17H24N4O. The first-order valence-electron chi connectivity index (χ1n) is 7.85. The van der Waals surface area contributed by atoms with Gasteiger partial charge in [0.25, 0.3) is 0 Å². The minimum atomic E-state index is -0.374. The van der Waals surface area contributed by atoms with E-state index in [2.05, 4.69) is 15.7 Å². The van der Waals surface area contributed by atoms with Crippen molar-refractivity contribution in [2.45, 2.75) is 27.2 Å². The Morgan fingerprint density at radius 1 is 1.45 bits per heavy atom. The van der Waals surface area contributed by atoms with Crippen LogP contribution in [0.5, 0.6) is 0 Å². The molecule has 1 saturated heterocycles. The second kappa shape index (κ2) is 5.39. The lowest BCUT2D eigenvalue weighted by molar-refractivity contribution is -0.126. The minimum absolute atomic E-state index is 0.0828. The predicted octanol–water partition coefficient (Wildman–Crippen LogP) is 2.46. The number of benzene rings is 1. The summed E-state index contributed by atoms with van der Waals surface area (Å²) in [5, 5.41) is 12.0. The van der Waals surface area contributed by atoms with Crippen LogP contribution in [0.1, 0.15) is 26.0 Å². The average Bonchev–Trinajstić information content (AvgIpc) is 3.09. The number of amides is 1. The number of rotatable bonds is 3. The number of fused-ring (bicyclic) bond motifs is 1. The lowest BCUT2D eigenvalue weighted by Crippen LogP contribution is -2.38. The van der Waals surface area contributed by atoms with Gasteiger partial charge in [-0.3, -0.25) is 9.48 Å². The molecule has 22 heavy (non-hydrogen) atoms. The standard InChI is InChI=1S/C17H24N4O/c1-11-14-6-5-13(9-15(14)21(4)20-11)19-16(22)17(2,3)12-7-8-18-10-12/h5-6,9,12,18H,7-8,10H2,1-4H3,(H,19,22). The topological polar surface area (TPSA) is 59.0 Å². The number of aryl methyl sites for hydroxylation is 2. The summed E-state index contributed by atoms with van der Waals surface area (Å²) >= 11 is 0. The quantitative estimate of drug-likeness (QED) is 0.915. The molecule has 2 heterocycles. The van der Waals surface area contributed by atoms with Gasteiger partial charge in [-0.2, -0.15) is 5.10 Å². The molecule has 2 N–H and O–H groups in total. The largest absolute Gasteiger partial charge is 0.326 e. The van der Waals surface area contributed by atoms with Crippen molar-refractivity contribution >= 4 is 22.5 Å². The van der Waals surface area contributed by atoms with Crippen LogP contribution < -0.4 is 10.6 Å². The highest BCUT2D eigenvalue weighted by Gasteiger charge is 2.38. The highest BCUT2D eigenvalue weighted by molar-refractivity contribution is 5.97. The maximum atomic E-state index is 12.7. The maximum absolute atomic E-state index is 12.7. The summed E-state index contributed by atoms with van der Waals surface area (Å²) in [4.78, 5) is 12.7. The third-order valence-electron chi connectivity index (χ3n) is 4.96. The van der Waals surface area contributed by atoms with Gasteiger partial charge in [0.15, 0.2) is 0 Å². The highest BCUT2D eigenvalue weighted by atomic mass is 16.2. The van der Waals surface area contributed by atoms with Crippen molar-refractivity contribution in [1.82, 2.24) is 15.1 Å². The van der Waals surface area contributed by atoms with E-state index < -0.39 is 0 Å². The van der Waals surface area contributed by atoms with Gasteiger partial charge in [-0.25, -0.2) is 0 Å². The van der Waals surface area contributed by atoms with Gasteiger partial charge in [0.2, 0.25) is 5.91 Å². The predicted molar refractivity (Wildman–Crippen MR) is 88.8 cm³/mol. The summed E-state index contributed by atoms with van der Waals surface area (Å²) in [5.74, 6) is 0.467. The van der Waals surface area contributed by atoms with E-state index >= 15 is 0 Å². The van der Waals surface area contributed by atoms with Crippen molar-refractivity contribution in [3.05, 3.63) is 23.9 Å². The molecule has 0 saturated carbocycles. The van der Waals surface area contributed by atoms with E-state index in [0.717, 1.165) is 41.8 Å². The number of aromatic nitrogens is 2. The number of anilines is 1. The number of nitrogens with one attached hydrogen (secondary N) is 2. The molecule has 1 unspecified atom stereocenters. The zero-order chi connectivity index (χ0) is 15.9. The maximum Gasteiger partial charge on any atom is 0.230 e. The smallest absolute Gasteiger partial charge is 0.230 e. The number of hydrogen-bond donors (Lipinski definition) is 2. The zero-order valence-electron chi connectivity index (χ0n) is 13.7. The first kappa shape index (κ1) is 15.0. The van der Waals surface area contributed by atoms with Gasteiger partial charge >= 0.3 is 0 Å². The number of carbonyl (C=O) groups is 1. The fourth-order valence-electron chi connectivity index (χ4n) is 3.26.